The van der Waals surface area contributed by atoms with Gasteiger partial charge in [-0.2, -0.15) is 4.98 Å². The van der Waals surface area contributed by atoms with Crippen LogP contribution in [0.5, 0.6) is 11.5 Å². The van der Waals surface area contributed by atoms with E-state index in [1.165, 1.54) is 5.56 Å². The number of carbonyl (C=O) groups excluding carboxylic acids is 1. The average molecular weight is 513 g/mol. The topological polar surface area (TPSA) is 89.7 Å². The molecule has 2 heterocycles. The molecular weight excluding hydrogens is 480 g/mol. The van der Waals surface area contributed by atoms with E-state index in [4.69, 9.17) is 14.0 Å². The van der Waals surface area contributed by atoms with Gasteiger partial charge >= 0.3 is 0 Å². The number of benzene rings is 3. The third-order valence-corrected chi connectivity index (χ3v) is 6.74. The van der Waals surface area contributed by atoms with Gasteiger partial charge in [0.2, 0.25) is 17.6 Å². The highest BCUT2D eigenvalue weighted by atomic mass is 16.5. The molecule has 1 aromatic heterocycles. The van der Waals surface area contributed by atoms with Crippen LogP contribution in [0.4, 0.5) is 5.69 Å². The molecule has 0 aliphatic carbocycles. The van der Waals surface area contributed by atoms with Gasteiger partial charge in [-0.25, -0.2) is 0 Å². The molecule has 0 unspecified atom stereocenters. The van der Waals surface area contributed by atoms with Gasteiger partial charge in [0.1, 0.15) is 11.5 Å². The Bertz CT molecular complexity index is 1320. The van der Waals surface area contributed by atoms with Crippen molar-refractivity contribution in [2.24, 2.45) is 5.92 Å². The monoisotopic (exact) mass is 512 g/mol. The van der Waals surface area contributed by atoms with Crippen LogP contribution in [0.2, 0.25) is 0 Å². The Hall–Kier alpha value is -4.17. The van der Waals surface area contributed by atoms with Crippen molar-refractivity contribution in [3.8, 4) is 22.9 Å². The number of anilines is 1. The van der Waals surface area contributed by atoms with E-state index < -0.39 is 0 Å². The Kier molecular flexibility index (Phi) is 8.30. The predicted molar refractivity (Wildman–Crippen MR) is 145 cm³/mol. The summed E-state index contributed by atoms with van der Waals surface area (Å²) in [5, 5.41) is 7.18. The van der Waals surface area contributed by atoms with Gasteiger partial charge in [0.15, 0.2) is 0 Å². The fourth-order valence-corrected chi connectivity index (χ4v) is 4.56. The second-order valence-corrected chi connectivity index (χ2v) is 9.39. The number of methoxy groups -OCH3 is 1. The summed E-state index contributed by atoms with van der Waals surface area (Å²) in [6, 6.07) is 25.4. The number of ether oxygens (including phenoxy) is 2. The van der Waals surface area contributed by atoms with E-state index in [9.17, 15) is 4.79 Å². The Morgan fingerprint density at radius 3 is 2.55 bits per heavy atom. The van der Waals surface area contributed by atoms with E-state index >= 15 is 0 Å². The highest BCUT2D eigenvalue weighted by molar-refractivity contribution is 5.92. The number of nitrogens with zero attached hydrogens (tertiary/aromatic N) is 3. The number of hydrogen-bond donors (Lipinski definition) is 1. The molecule has 1 aliphatic heterocycles. The summed E-state index contributed by atoms with van der Waals surface area (Å²) in [4.78, 5) is 19.7. The second kappa shape index (κ2) is 12.4. The van der Waals surface area contributed by atoms with Crippen molar-refractivity contribution in [2.75, 3.05) is 32.1 Å². The summed E-state index contributed by atoms with van der Waals surface area (Å²) in [6.07, 6.45) is 2.39. The fraction of sp³-hybridized carbons (Fsp3) is 0.300. The van der Waals surface area contributed by atoms with Crippen LogP contribution in [0.25, 0.3) is 11.4 Å². The maximum Gasteiger partial charge on any atom is 0.241 e. The number of nitrogens with one attached hydrogen (secondary N) is 1. The molecule has 0 atom stereocenters. The normalized spacial score (nSPS) is 14.2. The molecule has 4 aromatic rings. The van der Waals surface area contributed by atoms with Crippen LogP contribution in [0.15, 0.2) is 83.4 Å². The molecule has 1 aliphatic rings. The van der Waals surface area contributed by atoms with Crippen LogP contribution < -0.4 is 14.8 Å². The van der Waals surface area contributed by atoms with Crippen LogP contribution >= 0.6 is 0 Å². The number of hydrogen-bond acceptors (Lipinski definition) is 7. The third kappa shape index (κ3) is 6.77. The van der Waals surface area contributed by atoms with Gasteiger partial charge in [0, 0.05) is 29.7 Å². The number of carbonyl (C=O) groups is 1. The van der Waals surface area contributed by atoms with Gasteiger partial charge < -0.3 is 19.3 Å². The number of aromatic nitrogens is 2. The summed E-state index contributed by atoms with van der Waals surface area (Å²) < 4.78 is 16.6. The van der Waals surface area contributed by atoms with E-state index in [2.05, 4.69) is 32.5 Å². The van der Waals surface area contributed by atoms with Gasteiger partial charge in [-0.3, -0.25) is 9.69 Å². The molecule has 0 bridgehead atoms. The summed E-state index contributed by atoms with van der Waals surface area (Å²) in [7, 11) is 1.63. The molecule has 0 spiro atoms. The smallest absolute Gasteiger partial charge is 0.241 e. The van der Waals surface area contributed by atoms with Crippen molar-refractivity contribution >= 4 is 11.6 Å². The van der Waals surface area contributed by atoms with Gasteiger partial charge in [-0.05, 0) is 67.9 Å². The lowest BCUT2D eigenvalue weighted by Crippen LogP contribution is -2.37. The summed E-state index contributed by atoms with van der Waals surface area (Å²) in [6.45, 7) is 2.74. The molecule has 8 heteroatoms. The van der Waals surface area contributed by atoms with E-state index in [0.717, 1.165) is 55.1 Å². The number of piperidine rings is 1. The van der Waals surface area contributed by atoms with Crippen molar-refractivity contribution in [1.29, 1.82) is 0 Å². The van der Waals surface area contributed by atoms with E-state index in [1.54, 1.807) is 7.11 Å². The fourth-order valence-electron chi connectivity index (χ4n) is 4.56. The zero-order valence-electron chi connectivity index (χ0n) is 21.5. The Labute approximate surface area is 222 Å². The molecule has 1 N–H and O–H groups in total. The molecule has 0 radical (unpaired) electrons. The number of likely N-dealkylation sites (tertiary alicyclic amines) is 1. The molecule has 0 saturated carbocycles. The molecule has 38 heavy (non-hydrogen) atoms. The van der Waals surface area contributed by atoms with Crippen molar-refractivity contribution in [1.82, 2.24) is 15.0 Å². The highest BCUT2D eigenvalue weighted by Gasteiger charge is 2.26. The maximum absolute atomic E-state index is 12.9. The van der Waals surface area contributed by atoms with Crippen molar-refractivity contribution < 1.29 is 18.8 Å². The molecule has 8 nitrogen and oxygen atoms in total. The maximum atomic E-state index is 12.9. The van der Waals surface area contributed by atoms with E-state index in [0.29, 0.717) is 24.9 Å². The Balaban J connectivity index is 1.07. The molecule has 3 aromatic carbocycles. The summed E-state index contributed by atoms with van der Waals surface area (Å²) >= 11 is 0. The van der Waals surface area contributed by atoms with Crippen LogP contribution in [-0.4, -0.2) is 47.8 Å². The van der Waals surface area contributed by atoms with Crippen LogP contribution in [0.1, 0.15) is 24.3 Å². The Morgan fingerprint density at radius 1 is 1.00 bits per heavy atom. The first kappa shape index (κ1) is 25.5. The predicted octanol–water partition coefficient (Wildman–Crippen LogP) is 5.22. The summed E-state index contributed by atoms with van der Waals surface area (Å²) in [5.74, 6) is 2.68. The van der Waals surface area contributed by atoms with Crippen molar-refractivity contribution in [3.05, 3.63) is 90.3 Å². The largest absolute Gasteiger partial charge is 0.497 e. The highest BCUT2D eigenvalue weighted by Crippen LogP contribution is 2.24. The zero-order valence-corrected chi connectivity index (χ0v) is 21.5. The van der Waals surface area contributed by atoms with Gasteiger partial charge in [-0.15, -0.1) is 0 Å². The van der Waals surface area contributed by atoms with Crippen LogP contribution in [0, 0.1) is 5.92 Å². The average Bonchev–Trinajstić information content (AvgIpc) is 3.43. The first-order valence-corrected chi connectivity index (χ1v) is 12.9. The zero-order chi connectivity index (χ0) is 26.2. The summed E-state index contributed by atoms with van der Waals surface area (Å²) in [5.41, 5.74) is 2.87. The van der Waals surface area contributed by atoms with Crippen LogP contribution in [-0.2, 0) is 17.8 Å². The van der Waals surface area contributed by atoms with Crippen molar-refractivity contribution in [3.63, 3.8) is 0 Å². The standard InChI is InChI=1S/C30H32N4O4/c1-36-26-12-10-23(11-13-26)29-32-28(38-33-29)21-34-17-14-24(15-18-34)30(35)31-25-8-5-9-27(20-25)37-19-16-22-6-3-2-4-7-22/h2-13,20,24H,14-19,21H2,1H3,(H,31,35). The minimum Gasteiger partial charge on any atom is -0.497 e. The molecule has 1 fully saturated rings. The quantitative estimate of drug-likeness (QED) is 0.312. The van der Waals surface area contributed by atoms with Gasteiger partial charge in [0.25, 0.3) is 0 Å². The molecule has 1 saturated heterocycles. The van der Waals surface area contributed by atoms with Gasteiger partial charge in [0.05, 0.1) is 20.3 Å². The van der Waals surface area contributed by atoms with Crippen LogP contribution in [0.3, 0.4) is 0 Å². The molecule has 1 amide bonds. The minimum atomic E-state index is -0.0357. The number of amides is 1. The molecule has 196 valence electrons. The Morgan fingerprint density at radius 2 is 1.79 bits per heavy atom. The van der Waals surface area contributed by atoms with Gasteiger partial charge in [-0.1, -0.05) is 41.6 Å². The third-order valence-electron chi connectivity index (χ3n) is 6.74. The second-order valence-electron chi connectivity index (χ2n) is 9.39. The lowest BCUT2D eigenvalue weighted by Gasteiger charge is -2.30. The molecular formula is C30H32N4O4. The molecule has 5 rings (SSSR count). The lowest BCUT2D eigenvalue weighted by atomic mass is 9.96. The first-order valence-electron chi connectivity index (χ1n) is 12.9. The minimum absolute atomic E-state index is 0.0357. The van der Waals surface area contributed by atoms with Crippen molar-refractivity contribution in [2.45, 2.75) is 25.8 Å². The van der Waals surface area contributed by atoms with E-state index in [-0.39, 0.29) is 11.8 Å². The number of rotatable bonds is 10. The lowest BCUT2D eigenvalue weighted by molar-refractivity contribution is -0.121. The first-order chi connectivity index (χ1) is 18.7. The van der Waals surface area contributed by atoms with E-state index in [1.807, 2.05) is 66.7 Å². The SMILES string of the molecule is COc1ccc(-c2noc(CN3CCC(C(=O)Nc4cccc(OCCc5ccccc5)c4)CC3)n2)cc1.